The minimum atomic E-state index is -3.40. The molecule has 0 bridgehead atoms. The van der Waals surface area contributed by atoms with E-state index in [1.54, 1.807) is 38.1 Å². The van der Waals surface area contributed by atoms with Gasteiger partial charge in [-0.1, -0.05) is 12.1 Å². The van der Waals surface area contributed by atoms with E-state index in [0.29, 0.717) is 23.2 Å². The SMILES string of the molecule is Cc1cccc(C(=O)OCC(=O)c2ccc3c(c2)C[C@@H](C)N3S(C)(=O)=O)c1O. The summed E-state index contributed by atoms with van der Waals surface area (Å²) in [5.74, 6) is -1.37. The molecular formula is C20H21NO6S. The summed E-state index contributed by atoms with van der Waals surface area (Å²) in [6, 6.07) is 9.22. The summed E-state index contributed by atoms with van der Waals surface area (Å²) in [4.78, 5) is 24.5. The minimum Gasteiger partial charge on any atom is -0.507 e. The van der Waals surface area contributed by atoms with Crippen molar-refractivity contribution in [3.63, 3.8) is 0 Å². The number of carbonyl (C=O) groups excluding carboxylic acids is 2. The number of ether oxygens (including phenoxy) is 1. The van der Waals surface area contributed by atoms with Gasteiger partial charge in [-0.25, -0.2) is 13.2 Å². The van der Waals surface area contributed by atoms with E-state index in [1.165, 1.54) is 16.4 Å². The van der Waals surface area contributed by atoms with Crippen molar-refractivity contribution in [3.8, 4) is 5.75 Å². The topological polar surface area (TPSA) is 101 Å². The number of anilines is 1. The molecule has 0 saturated heterocycles. The molecule has 148 valence electrons. The number of esters is 1. The van der Waals surface area contributed by atoms with Crippen LogP contribution in [0.1, 0.15) is 38.8 Å². The van der Waals surface area contributed by atoms with Crippen molar-refractivity contribution in [2.45, 2.75) is 26.3 Å². The summed E-state index contributed by atoms with van der Waals surface area (Å²) in [5, 5.41) is 9.93. The first-order chi connectivity index (χ1) is 13.1. The molecule has 2 aromatic rings. The van der Waals surface area contributed by atoms with Crippen LogP contribution in [0.15, 0.2) is 36.4 Å². The highest BCUT2D eigenvalue weighted by Crippen LogP contribution is 2.34. The zero-order chi connectivity index (χ0) is 20.6. The van der Waals surface area contributed by atoms with Gasteiger partial charge in [0, 0.05) is 11.6 Å². The summed E-state index contributed by atoms with van der Waals surface area (Å²) in [6.45, 7) is 2.98. The molecule has 0 aliphatic carbocycles. The predicted molar refractivity (Wildman–Crippen MR) is 104 cm³/mol. The summed E-state index contributed by atoms with van der Waals surface area (Å²) < 4.78 is 30.3. The van der Waals surface area contributed by atoms with Gasteiger partial charge in [-0.3, -0.25) is 9.10 Å². The molecule has 1 N–H and O–H groups in total. The Bertz CT molecular complexity index is 1060. The summed E-state index contributed by atoms with van der Waals surface area (Å²) in [6.07, 6.45) is 1.65. The fourth-order valence-electron chi connectivity index (χ4n) is 3.40. The van der Waals surface area contributed by atoms with E-state index in [2.05, 4.69) is 0 Å². The summed E-state index contributed by atoms with van der Waals surface area (Å²) in [7, 11) is -3.40. The van der Waals surface area contributed by atoms with Crippen LogP contribution < -0.4 is 4.31 Å². The number of benzene rings is 2. The molecule has 0 unspecified atom stereocenters. The molecule has 3 rings (SSSR count). The Kier molecular flexibility index (Phi) is 5.16. The maximum Gasteiger partial charge on any atom is 0.342 e. The van der Waals surface area contributed by atoms with E-state index >= 15 is 0 Å². The minimum absolute atomic E-state index is 0.000581. The Morgan fingerprint density at radius 3 is 2.64 bits per heavy atom. The number of sulfonamides is 1. The molecule has 0 saturated carbocycles. The normalized spacial score (nSPS) is 16.0. The van der Waals surface area contributed by atoms with Crippen molar-refractivity contribution in [2.24, 2.45) is 0 Å². The Balaban J connectivity index is 1.74. The highest BCUT2D eigenvalue weighted by Gasteiger charge is 2.32. The molecule has 1 heterocycles. The lowest BCUT2D eigenvalue weighted by Gasteiger charge is -2.21. The van der Waals surface area contributed by atoms with E-state index in [4.69, 9.17) is 4.74 Å². The lowest BCUT2D eigenvalue weighted by molar-refractivity contribution is 0.0471. The van der Waals surface area contributed by atoms with E-state index in [9.17, 15) is 23.1 Å². The van der Waals surface area contributed by atoms with Gasteiger partial charge >= 0.3 is 5.97 Å². The first-order valence-corrected chi connectivity index (χ1v) is 10.6. The number of fused-ring (bicyclic) bond motifs is 1. The van der Waals surface area contributed by atoms with Gasteiger partial charge in [0.05, 0.1) is 11.9 Å². The van der Waals surface area contributed by atoms with Crippen molar-refractivity contribution in [1.29, 1.82) is 0 Å². The molecule has 1 aliphatic rings. The number of phenols is 1. The van der Waals surface area contributed by atoms with E-state index in [0.717, 1.165) is 11.8 Å². The number of aromatic hydroxyl groups is 1. The molecule has 2 aromatic carbocycles. The first-order valence-electron chi connectivity index (χ1n) is 8.71. The van der Waals surface area contributed by atoms with Gasteiger partial charge in [-0.05, 0) is 55.7 Å². The number of phenolic OH excluding ortho intramolecular Hbond substituents is 1. The van der Waals surface area contributed by atoms with Crippen LogP contribution in [0.5, 0.6) is 5.75 Å². The highest BCUT2D eigenvalue weighted by atomic mass is 32.2. The first kappa shape index (κ1) is 19.9. The number of ketones is 1. The Morgan fingerprint density at radius 1 is 1.25 bits per heavy atom. The molecule has 28 heavy (non-hydrogen) atoms. The summed E-state index contributed by atoms with van der Waals surface area (Å²) in [5.41, 5.74) is 2.19. The number of para-hydroxylation sites is 1. The Labute approximate surface area is 163 Å². The number of carbonyl (C=O) groups is 2. The van der Waals surface area contributed by atoms with Crippen LogP contribution in [0.4, 0.5) is 5.69 Å². The smallest absolute Gasteiger partial charge is 0.342 e. The highest BCUT2D eigenvalue weighted by molar-refractivity contribution is 7.92. The van der Waals surface area contributed by atoms with Gasteiger partial charge in [0.2, 0.25) is 10.0 Å². The van der Waals surface area contributed by atoms with Gasteiger partial charge in [-0.15, -0.1) is 0 Å². The third-order valence-corrected chi connectivity index (χ3v) is 5.98. The van der Waals surface area contributed by atoms with Crippen molar-refractivity contribution >= 4 is 27.5 Å². The molecule has 0 spiro atoms. The molecule has 1 atom stereocenters. The zero-order valence-electron chi connectivity index (χ0n) is 15.8. The van der Waals surface area contributed by atoms with E-state index in [-0.39, 0.29) is 17.4 Å². The molecule has 1 aliphatic heterocycles. The summed E-state index contributed by atoms with van der Waals surface area (Å²) >= 11 is 0. The van der Waals surface area contributed by atoms with E-state index < -0.39 is 28.4 Å². The second-order valence-corrected chi connectivity index (χ2v) is 8.79. The van der Waals surface area contributed by atoms with Crippen LogP contribution in [-0.4, -0.2) is 44.2 Å². The average Bonchev–Trinajstić information content (AvgIpc) is 2.96. The van der Waals surface area contributed by atoms with E-state index in [1.807, 2.05) is 0 Å². The second kappa shape index (κ2) is 7.27. The molecule has 0 aromatic heterocycles. The Hall–Kier alpha value is -2.87. The molecule has 0 fully saturated rings. The van der Waals surface area contributed by atoms with Crippen LogP contribution in [0.2, 0.25) is 0 Å². The third kappa shape index (κ3) is 3.73. The largest absolute Gasteiger partial charge is 0.507 e. The number of hydrogen-bond donors (Lipinski definition) is 1. The van der Waals surface area contributed by atoms with Gasteiger partial charge in [-0.2, -0.15) is 0 Å². The van der Waals surface area contributed by atoms with Crippen LogP contribution in [-0.2, 0) is 21.2 Å². The van der Waals surface area contributed by atoms with Crippen molar-refractivity contribution in [3.05, 3.63) is 58.7 Å². The van der Waals surface area contributed by atoms with Crippen molar-refractivity contribution in [1.82, 2.24) is 0 Å². The molecule has 0 radical (unpaired) electrons. The number of aryl methyl sites for hydroxylation is 1. The number of nitrogens with zero attached hydrogens (tertiary/aromatic N) is 1. The number of rotatable bonds is 5. The maximum absolute atomic E-state index is 12.4. The molecule has 8 heteroatoms. The van der Waals surface area contributed by atoms with Crippen LogP contribution in [0.3, 0.4) is 0 Å². The predicted octanol–water partition coefficient (Wildman–Crippen LogP) is 2.45. The lowest BCUT2D eigenvalue weighted by Crippen LogP contribution is -2.34. The average molecular weight is 403 g/mol. The van der Waals surface area contributed by atoms with Gasteiger partial charge in [0.1, 0.15) is 11.3 Å². The van der Waals surface area contributed by atoms with Crippen LogP contribution >= 0.6 is 0 Å². The van der Waals surface area contributed by atoms with Gasteiger partial charge in [0.15, 0.2) is 12.4 Å². The molecule has 7 nitrogen and oxygen atoms in total. The maximum atomic E-state index is 12.4. The third-order valence-electron chi connectivity index (χ3n) is 4.70. The number of hydrogen-bond acceptors (Lipinski definition) is 6. The quantitative estimate of drug-likeness (QED) is 0.608. The zero-order valence-corrected chi connectivity index (χ0v) is 16.6. The molecular weight excluding hydrogens is 382 g/mol. The van der Waals surface area contributed by atoms with Crippen LogP contribution in [0, 0.1) is 6.92 Å². The monoisotopic (exact) mass is 403 g/mol. The fraction of sp³-hybridized carbons (Fsp3) is 0.300. The fourth-order valence-corrected chi connectivity index (χ4v) is 4.66. The van der Waals surface area contributed by atoms with Crippen molar-refractivity contribution in [2.75, 3.05) is 17.2 Å². The molecule has 0 amide bonds. The van der Waals surface area contributed by atoms with Crippen LogP contribution in [0.25, 0.3) is 0 Å². The Morgan fingerprint density at radius 2 is 1.96 bits per heavy atom. The number of Topliss-reactive ketones (excluding diaryl/α,β-unsaturated/α-hetero) is 1. The van der Waals surface area contributed by atoms with Crippen molar-refractivity contribution < 1.29 is 27.9 Å². The second-order valence-electron chi connectivity index (χ2n) is 6.93. The van der Waals surface area contributed by atoms with Gasteiger partial charge in [0.25, 0.3) is 0 Å². The standard InChI is InChI=1S/C20H21NO6S/c1-12-5-4-6-16(19(12)23)20(24)27-11-18(22)14-7-8-17-15(10-14)9-13(2)21(17)28(3,25)26/h4-8,10,13,23H,9,11H2,1-3H3/t13-/m1/s1. The van der Waals surface area contributed by atoms with Gasteiger partial charge < -0.3 is 9.84 Å². The lowest BCUT2D eigenvalue weighted by atomic mass is 10.0.